The fraction of sp³-hybridized carbons (Fsp3) is 0.294. The Bertz CT molecular complexity index is 634. The van der Waals surface area contributed by atoms with Gasteiger partial charge < -0.3 is 15.2 Å². The van der Waals surface area contributed by atoms with E-state index in [-0.39, 0.29) is 24.1 Å². The highest BCUT2D eigenvalue weighted by Gasteiger charge is 2.15. The number of para-hydroxylation sites is 2. The summed E-state index contributed by atoms with van der Waals surface area (Å²) in [5.41, 5.74) is 1.02. The molecule has 2 N–H and O–H groups in total. The summed E-state index contributed by atoms with van der Waals surface area (Å²) in [6.07, 6.45) is -0.763. The highest BCUT2D eigenvalue weighted by Crippen LogP contribution is 2.25. The Morgan fingerprint density at radius 2 is 1.83 bits per heavy atom. The van der Waals surface area contributed by atoms with Gasteiger partial charge in [-0.2, -0.15) is 0 Å². The average Bonchev–Trinajstić information content (AvgIpc) is 2.58. The predicted molar refractivity (Wildman–Crippen MR) is 87.5 cm³/mol. The van der Waals surface area contributed by atoms with Crippen LogP contribution >= 0.6 is 0 Å². The van der Waals surface area contributed by atoms with Crippen LogP contribution in [0.3, 0.4) is 0 Å². The van der Waals surface area contributed by atoms with Crippen LogP contribution in [-0.2, 0) is 0 Å². The molecule has 2 aromatic rings. The molecule has 0 saturated carbocycles. The standard InChI is InChI=1S/C17H20N2O4/c1-13(14-7-3-2-4-8-14)18-11-15(20)12-23-17-10-6-5-9-16(17)19(21)22/h2-10,13,15,18,20H,11-12H2,1H3/t13-,15+/m1/s1. The smallest absolute Gasteiger partial charge is 0.310 e. The van der Waals surface area contributed by atoms with Gasteiger partial charge in [-0.25, -0.2) is 0 Å². The molecule has 0 saturated heterocycles. The van der Waals surface area contributed by atoms with Gasteiger partial charge in [0, 0.05) is 18.7 Å². The summed E-state index contributed by atoms with van der Waals surface area (Å²) >= 11 is 0. The molecule has 0 radical (unpaired) electrons. The van der Waals surface area contributed by atoms with E-state index in [4.69, 9.17) is 4.74 Å². The third kappa shape index (κ3) is 5.05. The number of benzene rings is 2. The second kappa shape index (κ2) is 8.26. The van der Waals surface area contributed by atoms with E-state index in [2.05, 4.69) is 5.32 Å². The van der Waals surface area contributed by atoms with E-state index < -0.39 is 11.0 Å². The number of hydrogen-bond acceptors (Lipinski definition) is 5. The first kappa shape index (κ1) is 16.9. The summed E-state index contributed by atoms with van der Waals surface area (Å²) in [5.74, 6) is 0.160. The van der Waals surface area contributed by atoms with Gasteiger partial charge in [0.1, 0.15) is 12.7 Å². The normalized spacial score (nSPS) is 13.3. The van der Waals surface area contributed by atoms with Crippen molar-refractivity contribution in [3.63, 3.8) is 0 Å². The molecule has 122 valence electrons. The molecule has 6 nitrogen and oxygen atoms in total. The minimum Gasteiger partial charge on any atom is -0.484 e. The molecule has 2 rings (SSSR count). The zero-order valence-electron chi connectivity index (χ0n) is 12.9. The van der Waals surface area contributed by atoms with Crippen molar-refractivity contribution >= 4 is 5.69 Å². The van der Waals surface area contributed by atoms with Gasteiger partial charge >= 0.3 is 5.69 Å². The molecule has 0 spiro atoms. The summed E-state index contributed by atoms with van der Waals surface area (Å²) < 4.78 is 5.37. The topological polar surface area (TPSA) is 84.6 Å². The van der Waals surface area contributed by atoms with Gasteiger partial charge in [0.15, 0.2) is 5.75 Å². The van der Waals surface area contributed by atoms with Gasteiger partial charge in [0.05, 0.1) is 4.92 Å². The van der Waals surface area contributed by atoms with E-state index in [1.54, 1.807) is 12.1 Å². The monoisotopic (exact) mass is 316 g/mol. The molecule has 2 aromatic carbocycles. The highest BCUT2D eigenvalue weighted by molar-refractivity contribution is 5.45. The summed E-state index contributed by atoms with van der Waals surface area (Å²) in [5, 5.41) is 24.1. The fourth-order valence-electron chi connectivity index (χ4n) is 2.15. The largest absolute Gasteiger partial charge is 0.484 e. The van der Waals surface area contributed by atoms with Crippen molar-refractivity contribution < 1.29 is 14.8 Å². The number of nitrogens with zero attached hydrogens (tertiary/aromatic N) is 1. The van der Waals surface area contributed by atoms with E-state index in [1.807, 2.05) is 37.3 Å². The molecule has 0 unspecified atom stereocenters. The van der Waals surface area contributed by atoms with E-state index >= 15 is 0 Å². The summed E-state index contributed by atoms with van der Waals surface area (Å²) in [6.45, 7) is 2.32. The van der Waals surface area contributed by atoms with Crippen molar-refractivity contribution in [3.8, 4) is 5.75 Å². The van der Waals surface area contributed by atoms with Crippen molar-refractivity contribution in [2.75, 3.05) is 13.2 Å². The van der Waals surface area contributed by atoms with Crippen molar-refractivity contribution in [1.82, 2.24) is 5.32 Å². The fourth-order valence-corrected chi connectivity index (χ4v) is 2.15. The Balaban J connectivity index is 1.82. The van der Waals surface area contributed by atoms with Crippen LogP contribution in [0.15, 0.2) is 54.6 Å². The van der Waals surface area contributed by atoms with Gasteiger partial charge in [0.2, 0.25) is 0 Å². The third-order valence-electron chi connectivity index (χ3n) is 3.45. The molecule has 0 aliphatic carbocycles. The van der Waals surface area contributed by atoms with Gasteiger partial charge in [-0.05, 0) is 18.6 Å². The number of hydrogen-bond donors (Lipinski definition) is 2. The van der Waals surface area contributed by atoms with Gasteiger partial charge in [0.25, 0.3) is 0 Å². The van der Waals surface area contributed by atoms with Crippen LogP contribution in [0.1, 0.15) is 18.5 Å². The summed E-state index contributed by atoms with van der Waals surface area (Å²) in [7, 11) is 0. The molecule has 0 fully saturated rings. The van der Waals surface area contributed by atoms with Crippen LogP contribution in [0.4, 0.5) is 5.69 Å². The van der Waals surface area contributed by atoms with Crippen molar-refractivity contribution in [2.24, 2.45) is 0 Å². The van der Waals surface area contributed by atoms with Crippen LogP contribution in [0.5, 0.6) is 5.75 Å². The molecule has 0 bridgehead atoms. The number of aliphatic hydroxyl groups is 1. The first-order valence-corrected chi connectivity index (χ1v) is 7.40. The number of nitrogens with one attached hydrogen (secondary N) is 1. The molecule has 6 heteroatoms. The third-order valence-corrected chi connectivity index (χ3v) is 3.45. The van der Waals surface area contributed by atoms with Crippen LogP contribution in [-0.4, -0.2) is 29.3 Å². The molecule has 0 amide bonds. The van der Waals surface area contributed by atoms with Gasteiger partial charge in [-0.3, -0.25) is 10.1 Å². The van der Waals surface area contributed by atoms with Crippen molar-refractivity contribution in [1.29, 1.82) is 0 Å². The zero-order valence-corrected chi connectivity index (χ0v) is 12.9. The molecule has 2 atom stereocenters. The molecule has 0 aromatic heterocycles. The first-order valence-electron chi connectivity index (χ1n) is 7.40. The first-order chi connectivity index (χ1) is 11.1. The minimum absolute atomic E-state index is 0.0145. The van der Waals surface area contributed by atoms with E-state index in [1.165, 1.54) is 12.1 Å². The second-order valence-electron chi connectivity index (χ2n) is 5.23. The second-order valence-corrected chi connectivity index (χ2v) is 5.23. The average molecular weight is 316 g/mol. The highest BCUT2D eigenvalue weighted by atomic mass is 16.6. The number of rotatable bonds is 8. The quantitative estimate of drug-likeness (QED) is 0.578. The summed E-state index contributed by atoms with van der Waals surface area (Å²) in [4.78, 5) is 10.4. The predicted octanol–water partition coefficient (Wildman–Crippen LogP) is 2.69. The number of nitro groups is 1. The molecule has 0 aliphatic rings. The Labute approximate surface area is 134 Å². The van der Waals surface area contributed by atoms with Crippen LogP contribution in [0.25, 0.3) is 0 Å². The Morgan fingerprint density at radius 3 is 2.52 bits per heavy atom. The lowest BCUT2D eigenvalue weighted by Gasteiger charge is -2.18. The maximum atomic E-state index is 10.9. The lowest BCUT2D eigenvalue weighted by Crippen LogP contribution is -2.33. The maximum Gasteiger partial charge on any atom is 0.310 e. The molecule has 23 heavy (non-hydrogen) atoms. The van der Waals surface area contributed by atoms with Crippen molar-refractivity contribution in [3.05, 3.63) is 70.3 Å². The molecule has 0 heterocycles. The Kier molecular flexibility index (Phi) is 6.08. The summed E-state index contributed by atoms with van der Waals surface area (Å²) in [6, 6.07) is 16.1. The SMILES string of the molecule is C[C@@H](NC[C@H](O)COc1ccccc1[N+](=O)[O-])c1ccccc1. The zero-order chi connectivity index (χ0) is 16.7. The van der Waals surface area contributed by atoms with Crippen molar-refractivity contribution in [2.45, 2.75) is 19.1 Å². The maximum absolute atomic E-state index is 10.9. The van der Waals surface area contributed by atoms with Crippen LogP contribution in [0, 0.1) is 10.1 Å². The van der Waals surface area contributed by atoms with E-state index in [0.29, 0.717) is 6.54 Å². The van der Waals surface area contributed by atoms with Crippen LogP contribution < -0.4 is 10.1 Å². The van der Waals surface area contributed by atoms with E-state index in [0.717, 1.165) is 5.56 Å². The Morgan fingerprint density at radius 1 is 1.17 bits per heavy atom. The van der Waals surface area contributed by atoms with Gasteiger partial charge in [-0.1, -0.05) is 42.5 Å². The number of nitro benzene ring substituents is 1. The number of aliphatic hydroxyl groups excluding tert-OH is 1. The number of ether oxygens (including phenoxy) is 1. The van der Waals surface area contributed by atoms with Gasteiger partial charge in [-0.15, -0.1) is 0 Å². The minimum atomic E-state index is -0.763. The lowest BCUT2D eigenvalue weighted by atomic mass is 10.1. The molecular formula is C17H20N2O4. The van der Waals surface area contributed by atoms with E-state index in [9.17, 15) is 15.2 Å². The Hall–Kier alpha value is -2.44. The molecular weight excluding hydrogens is 296 g/mol. The lowest BCUT2D eigenvalue weighted by molar-refractivity contribution is -0.385. The molecule has 0 aliphatic heterocycles. The van der Waals surface area contributed by atoms with Crippen LogP contribution in [0.2, 0.25) is 0 Å².